The Morgan fingerprint density at radius 3 is 2.66 bits per heavy atom. The Hall–Kier alpha value is -2.24. The molecule has 0 bridgehead atoms. The van der Waals surface area contributed by atoms with E-state index in [0.717, 1.165) is 24.4 Å². The molecular formula is C21H28N6O2S3. The first kappa shape index (κ1) is 24.4. The van der Waals surface area contributed by atoms with E-state index in [4.69, 9.17) is 0 Å². The van der Waals surface area contributed by atoms with Crippen LogP contribution in [0.1, 0.15) is 53.4 Å². The van der Waals surface area contributed by atoms with Crippen molar-refractivity contribution in [2.75, 3.05) is 25.2 Å². The van der Waals surface area contributed by atoms with Gasteiger partial charge in [0.05, 0.1) is 11.4 Å². The van der Waals surface area contributed by atoms with Crippen molar-refractivity contribution in [2.24, 2.45) is 0 Å². The summed E-state index contributed by atoms with van der Waals surface area (Å²) in [5.41, 5.74) is 1.67. The zero-order valence-electron chi connectivity index (χ0n) is 19.1. The molecule has 0 aromatic carbocycles. The highest BCUT2D eigenvalue weighted by molar-refractivity contribution is 7.99. The van der Waals surface area contributed by atoms with E-state index in [1.54, 1.807) is 32.4 Å². The van der Waals surface area contributed by atoms with Crippen LogP contribution in [-0.2, 0) is 11.3 Å². The number of thioether (sulfide) groups is 1. The summed E-state index contributed by atoms with van der Waals surface area (Å²) >= 11 is 4.27. The third-order valence-electron chi connectivity index (χ3n) is 4.59. The summed E-state index contributed by atoms with van der Waals surface area (Å²) in [6, 6.07) is 2.17. The summed E-state index contributed by atoms with van der Waals surface area (Å²) < 4.78 is 2.07. The summed E-state index contributed by atoms with van der Waals surface area (Å²) in [5, 5.41) is 14.8. The van der Waals surface area contributed by atoms with Gasteiger partial charge in [0.15, 0.2) is 16.1 Å². The molecule has 0 fully saturated rings. The van der Waals surface area contributed by atoms with E-state index in [1.807, 2.05) is 0 Å². The SMILES string of the molecule is CCCn1c(SCC(=O)Nc2nc(C)c(C(=O)N(C)C)s2)nnc1-c1csc(C(C)C)c1. The predicted molar refractivity (Wildman–Crippen MR) is 132 cm³/mol. The highest BCUT2D eigenvalue weighted by Gasteiger charge is 2.20. The molecule has 0 radical (unpaired) electrons. The maximum atomic E-state index is 12.5. The normalized spacial score (nSPS) is 11.2. The largest absolute Gasteiger partial charge is 0.344 e. The van der Waals surface area contributed by atoms with Crippen molar-refractivity contribution in [3.05, 3.63) is 26.9 Å². The lowest BCUT2D eigenvalue weighted by Crippen LogP contribution is -2.21. The molecule has 1 N–H and O–H groups in total. The Balaban J connectivity index is 1.69. The van der Waals surface area contributed by atoms with E-state index < -0.39 is 0 Å². The number of hydrogen-bond donors (Lipinski definition) is 1. The second kappa shape index (κ2) is 10.6. The molecule has 0 aliphatic heterocycles. The van der Waals surface area contributed by atoms with Crippen LogP contribution in [-0.4, -0.2) is 56.3 Å². The summed E-state index contributed by atoms with van der Waals surface area (Å²) in [7, 11) is 3.38. The Kier molecular flexibility index (Phi) is 8.07. The van der Waals surface area contributed by atoms with Gasteiger partial charge in [-0.05, 0) is 25.3 Å². The van der Waals surface area contributed by atoms with Gasteiger partial charge in [-0.25, -0.2) is 4.98 Å². The maximum Gasteiger partial charge on any atom is 0.265 e. The van der Waals surface area contributed by atoms with E-state index in [1.165, 1.54) is 32.9 Å². The number of aromatic nitrogens is 4. The van der Waals surface area contributed by atoms with E-state index in [-0.39, 0.29) is 17.6 Å². The second-order valence-corrected chi connectivity index (χ2v) is 10.7. The first-order valence-electron chi connectivity index (χ1n) is 10.3. The van der Waals surface area contributed by atoms with Crippen LogP contribution in [0.15, 0.2) is 16.6 Å². The minimum atomic E-state index is -0.196. The van der Waals surface area contributed by atoms with Gasteiger partial charge in [-0.3, -0.25) is 9.59 Å². The zero-order valence-corrected chi connectivity index (χ0v) is 21.6. The van der Waals surface area contributed by atoms with Gasteiger partial charge in [-0.15, -0.1) is 21.5 Å². The molecule has 8 nitrogen and oxygen atoms in total. The van der Waals surface area contributed by atoms with Gasteiger partial charge in [0, 0.05) is 36.5 Å². The first-order chi connectivity index (χ1) is 15.2. The third-order valence-corrected chi connectivity index (χ3v) is 7.85. The van der Waals surface area contributed by atoms with Crippen molar-refractivity contribution >= 4 is 51.4 Å². The van der Waals surface area contributed by atoms with Crippen LogP contribution in [0.25, 0.3) is 11.4 Å². The quantitative estimate of drug-likeness (QED) is 0.434. The Morgan fingerprint density at radius 2 is 2.03 bits per heavy atom. The average Bonchev–Trinajstić information content (AvgIpc) is 3.45. The van der Waals surface area contributed by atoms with E-state index >= 15 is 0 Å². The van der Waals surface area contributed by atoms with Crippen molar-refractivity contribution in [1.29, 1.82) is 0 Å². The van der Waals surface area contributed by atoms with Crippen LogP contribution in [0.5, 0.6) is 0 Å². The van der Waals surface area contributed by atoms with Gasteiger partial charge in [-0.2, -0.15) is 0 Å². The van der Waals surface area contributed by atoms with Crippen LogP contribution in [0.2, 0.25) is 0 Å². The lowest BCUT2D eigenvalue weighted by atomic mass is 10.1. The highest BCUT2D eigenvalue weighted by Crippen LogP contribution is 2.31. The van der Waals surface area contributed by atoms with Crippen LogP contribution >= 0.6 is 34.4 Å². The Bertz CT molecular complexity index is 1100. The number of nitrogens with one attached hydrogen (secondary N) is 1. The number of carbonyl (C=O) groups is 2. The smallest absolute Gasteiger partial charge is 0.265 e. The molecule has 0 aliphatic carbocycles. The van der Waals surface area contributed by atoms with Crippen molar-refractivity contribution in [1.82, 2.24) is 24.6 Å². The topological polar surface area (TPSA) is 93.0 Å². The molecule has 0 atom stereocenters. The van der Waals surface area contributed by atoms with E-state index in [2.05, 4.69) is 57.3 Å². The fraction of sp³-hybridized carbons (Fsp3) is 0.476. The van der Waals surface area contributed by atoms with Gasteiger partial charge in [-0.1, -0.05) is 43.9 Å². The molecule has 3 aromatic rings. The predicted octanol–water partition coefficient (Wildman–Crippen LogP) is 4.74. The van der Waals surface area contributed by atoms with Crippen molar-refractivity contribution in [2.45, 2.75) is 51.7 Å². The number of anilines is 1. The number of amides is 2. The minimum Gasteiger partial charge on any atom is -0.344 e. The molecule has 0 saturated heterocycles. The molecule has 0 spiro atoms. The number of rotatable bonds is 9. The number of thiazole rings is 1. The number of thiophene rings is 1. The van der Waals surface area contributed by atoms with Crippen molar-refractivity contribution in [3.63, 3.8) is 0 Å². The average molecular weight is 493 g/mol. The standard InChI is InChI=1S/C21H28N6O2S3/c1-7-8-27-18(14-9-15(12(2)3)30-10-14)24-25-21(27)31-11-16(28)23-20-22-13(4)17(32-20)19(29)26(5)6/h9-10,12H,7-8,11H2,1-6H3,(H,22,23,28). The summed E-state index contributed by atoms with van der Waals surface area (Å²) in [6.07, 6.45) is 0.938. The van der Waals surface area contributed by atoms with Gasteiger partial charge >= 0.3 is 0 Å². The van der Waals surface area contributed by atoms with Crippen LogP contribution < -0.4 is 5.32 Å². The van der Waals surface area contributed by atoms with Gasteiger partial charge in [0.1, 0.15) is 4.88 Å². The molecule has 32 heavy (non-hydrogen) atoms. The molecule has 3 heterocycles. The van der Waals surface area contributed by atoms with Crippen molar-refractivity contribution < 1.29 is 9.59 Å². The fourth-order valence-electron chi connectivity index (χ4n) is 2.94. The van der Waals surface area contributed by atoms with Gasteiger partial charge in [0.25, 0.3) is 5.91 Å². The molecular weight excluding hydrogens is 464 g/mol. The minimum absolute atomic E-state index is 0.121. The number of carbonyl (C=O) groups excluding carboxylic acids is 2. The molecule has 2 amide bonds. The highest BCUT2D eigenvalue weighted by atomic mass is 32.2. The first-order valence-corrected chi connectivity index (χ1v) is 13.0. The molecule has 0 aliphatic rings. The summed E-state index contributed by atoms with van der Waals surface area (Å²) in [6.45, 7) is 9.00. The summed E-state index contributed by atoms with van der Waals surface area (Å²) in [5.74, 6) is 1.16. The van der Waals surface area contributed by atoms with E-state index in [9.17, 15) is 9.59 Å². The van der Waals surface area contributed by atoms with Crippen LogP contribution in [0, 0.1) is 6.92 Å². The molecule has 0 saturated carbocycles. The fourth-order valence-corrected chi connectivity index (χ4v) is 5.62. The maximum absolute atomic E-state index is 12.5. The second-order valence-electron chi connectivity index (χ2n) is 7.82. The lowest BCUT2D eigenvalue weighted by Gasteiger charge is -2.08. The van der Waals surface area contributed by atoms with E-state index in [0.29, 0.717) is 26.8 Å². The number of aryl methyl sites for hydroxylation is 1. The molecule has 3 aromatic heterocycles. The number of nitrogens with zero attached hydrogens (tertiary/aromatic N) is 5. The van der Waals surface area contributed by atoms with Gasteiger partial charge in [0.2, 0.25) is 5.91 Å². The molecule has 3 rings (SSSR count). The van der Waals surface area contributed by atoms with Crippen LogP contribution in [0.3, 0.4) is 0 Å². The zero-order chi connectivity index (χ0) is 23.4. The Morgan fingerprint density at radius 1 is 1.28 bits per heavy atom. The monoisotopic (exact) mass is 492 g/mol. The molecule has 0 unspecified atom stereocenters. The van der Waals surface area contributed by atoms with Gasteiger partial charge < -0.3 is 14.8 Å². The van der Waals surface area contributed by atoms with Crippen LogP contribution in [0.4, 0.5) is 5.13 Å². The third kappa shape index (κ3) is 5.57. The molecule has 172 valence electrons. The Labute approximate surface area is 200 Å². The lowest BCUT2D eigenvalue weighted by molar-refractivity contribution is -0.113. The number of hydrogen-bond acceptors (Lipinski definition) is 8. The summed E-state index contributed by atoms with van der Waals surface area (Å²) in [4.78, 5) is 32.4. The van der Waals surface area contributed by atoms with Crippen molar-refractivity contribution in [3.8, 4) is 11.4 Å². The molecule has 11 heteroatoms.